The summed E-state index contributed by atoms with van der Waals surface area (Å²) in [6.07, 6.45) is -1.07. The molecule has 0 saturated carbocycles. The summed E-state index contributed by atoms with van der Waals surface area (Å²) in [7, 11) is 0. The lowest BCUT2D eigenvalue weighted by molar-refractivity contribution is -0.202. The Hall–Kier alpha value is -1.97. The van der Waals surface area contributed by atoms with Gasteiger partial charge >= 0.3 is 11.7 Å². The van der Waals surface area contributed by atoms with Crippen LogP contribution >= 0.6 is 0 Å². The van der Waals surface area contributed by atoms with E-state index in [1.54, 1.807) is 13.8 Å². The monoisotopic (exact) mass is 326 g/mol. The van der Waals surface area contributed by atoms with Crippen LogP contribution in [0.4, 0.5) is 0 Å². The molecule has 0 bridgehead atoms. The summed E-state index contributed by atoms with van der Waals surface area (Å²) < 4.78 is 23.6. The largest absolute Gasteiger partial charge is 0.463 e. The molecule has 2 fully saturated rings. The topological polar surface area (TPSA) is 109 Å². The van der Waals surface area contributed by atoms with E-state index in [9.17, 15) is 14.4 Å². The van der Waals surface area contributed by atoms with Gasteiger partial charge in [-0.05, 0) is 13.8 Å². The summed E-state index contributed by atoms with van der Waals surface area (Å²) in [5, 5.41) is 0. The number of aromatic nitrogens is 2. The van der Waals surface area contributed by atoms with Gasteiger partial charge in [0.2, 0.25) is 0 Å². The molecular formula is C14H18N2O7. The third-order valence-electron chi connectivity index (χ3n) is 3.70. The van der Waals surface area contributed by atoms with Crippen molar-refractivity contribution in [2.75, 3.05) is 6.61 Å². The maximum absolute atomic E-state index is 12.0. The summed E-state index contributed by atoms with van der Waals surface area (Å²) in [6, 6.07) is 1.22. The van der Waals surface area contributed by atoms with E-state index in [-0.39, 0.29) is 6.61 Å². The number of carbonyl (C=O) groups excluding carboxylic acids is 1. The van der Waals surface area contributed by atoms with Crippen LogP contribution in [-0.2, 0) is 23.7 Å². The smallest absolute Gasteiger partial charge is 0.330 e. The molecule has 0 radical (unpaired) electrons. The molecule has 9 nitrogen and oxygen atoms in total. The van der Waals surface area contributed by atoms with Crippen LogP contribution in [0.2, 0.25) is 0 Å². The minimum atomic E-state index is -0.850. The first kappa shape index (κ1) is 15.9. The first-order valence-corrected chi connectivity index (χ1v) is 7.23. The molecule has 1 aromatic heterocycles. The molecule has 0 aromatic carbocycles. The second-order valence-corrected chi connectivity index (χ2v) is 5.95. The van der Waals surface area contributed by atoms with Crippen LogP contribution in [0, 0.1) is 0 Å². The van der Waals surface area contributed by atoms with Crippen molar-refractivity contribution in [1.29, 1.82) is 0 Å². The number of hydrogen-bond acceptors (Lipinski definition) is 7. The van der Waals surface area contributed by atoms with Crippen molar-refractivity contribution in [3.8, 4) is 0 Å². The number of carbonyl (C=O) groups is 1. The summed E-state index contributed by atoms with van der Waals surface area (Å²) in [4.78, 5) is 36.4. The Labute approximate surface area is 131 Å². The predicted octanol–water partition coefficient (Wildman–Crippen LogP) is -0.483. The Morgan fingerprint density at radius 3 is 2.70 bits per heavy atom. The van der Waals surface area contributed by atoms with Crippen LogP contribution in [0.25, 0.3) is 0 Å². The molecule has 0 spiro atoms. The molecule has 0 unspecified atom stereocenters. The first-order chi connectivity index (χ1) is 10.8. The van der Waals surface area contributed by atoms with Crippen molar-refractivity contribution in [1.82, 2.24) is 9.55 Å². The molecule has 4 atom stereocenters. The van der Waals surface area contributed by atoms with E-state index in [0.717, 1.165) is 0 Å². The van der Waals surface area contributed by atoms with E-state index >= 15 is 0 Å². The minimum absolute atomic E-state index is 0.00938. The number of hydrogen-bond donors (Lipinski definition) is 1. The lowest BCUT2D eigenvalue weighted by Gasteiger charge is -2.24. The average molecular weight is 326 g/mol. The van der Waals surface area contributed by atoms with Crippen LogP contribution < -0.4 is 11.2 Å². The number of nitrogens with zero attached hydrogens (tertiary/aromatic N) is 1. The standard InChI is InChI=1S/C14H18N2O7/c1-7(17)20-6-8-10-11(23-14(2,3)22-10)12(21-8)16-5-4-9(18)15-13(16)19/h4-5,8,10-12H,6H2,1-3H3,(H,15,18,19)/t8-,10-,11+,12-/m1/s1. The zero-order valence-electron chi connectivity index (χ0n) is 13.0. The summed E-state index contributed by atoms with van der Waals surface area (Å²) in [5.41, 5.74) is -1.11. The van der Waals surface area contributed by atoms with Gasteiger partial charge in [-0.25, -0.2) is 4.79 Å². The fraction of sp³-hybridized carbons (Fsp3) is 0.643. The van der Waals surface area contributed by atoms with Gasteiger partial charge in [0.25, 0.3) is 5.56 Å². The van der Waals surface area contributed by atoms with Crippen molar-refractivity contribution < 1.29 is 23.7 Å². The van der Waals surface area contributed by atoms with E-state index in [2.05, 4.69) is 4.98 Å². The Balaban J connectivity index is 1.90. The van der Waals surface area contributed by atoms with E-state index < -0.39 is 47.5 Å². The van der Waals surface area contributed by atoms with Gasteiger partial charge in [0, 0.05) is 19.2 Å². The highest BCUT2D eigenvalue weighted by molar-refractivity contribution is 5.65. The number of aromatic amines is 1. The Bertz CT molecular complexity index is 722. The van der Waals surface area contributed by atoms with Crippen LogP contribution in [0.1, 0.15) is 27.0 Å². The van der Waals surface area contributed by atoms with Crippen LogP contribution in [0.15, 0.2) is 21.9 Å². The van der Waals surface area contributed by atoms with Gasteiger partial charge in [0.05, 0.1) is 0 Å². The molecule has 23 heavy (non-hydrogen) atoms. The number of nitrogens with one attached hydrogen (secondary N) is 1. The number of fused-ring (bicyclic) bond motifs is 1. The normalized spacial score (nSPS) is 31.8. The molecule has 3 rings (SSSR count). The van der Waals surface area contributed by atoms with Gasteiger partial charge in [-0.15, -0.1) is 0 Å². The quantitative estimate of drug-likeness (QED) is 0.747. The van der Waals surface area contributed by atoms with Gasteiger partial charge in [0.1, 0.15) is 24.9 Å². The van der Waals surface area contributed by atoms with Gasteiger partial charge in [-0.1, -0.05) is 0 Å². The first-order valence-electron chi connectivity index (χ1n) is 7.23. The van der Waals surface area contributed by atoms with Gasteiger partial charge in [0.15, 0.2) is 12.0 Å². The lowest BCUT2D eigenvalue weighted by Crippen LogP contribution is -2.37. The summed E-state index contributed by atoms with van der Waals surface area (Å²) in [5.74, 6) is -1.29. The molecule has 9 heteroatoms. The molecule has 2 aliphatic heterocycles. The summed E-state index contributed by atoms with van der Waals surface area (Å²) in [6.45, 7) is 4.79. The van der Waals surface area contributed by atoms with Gasteiger partial charge < -0.3 is 18.9 Å². The van der Waals surface area contributed by atoms with Crippen molar-refractivity contribution in [3.63, 3.8) is 0 Å². The van der Waals surface area contributed by atoms with Gasteiger partial charge in [-0.2, -0.15) is 0 Å². The number of H-pyrrole nitrogens is 1. The Morgan fingerprint density at radius 2 is 2.04 bits per heavy atom. The second-order valence-electron chi connectivity index (χ2n) is 5.95. The molecule has 3 heterocycles. The predicted molar refractivity (Wildman–Crippen MR) is 75.7 cm³/mol. The minimum Gasteiger partial charge on any atom is -0.463 e. The van der Waals surface area contributed by atoms with Gasteiger partial charge in [-0.3, -0.25) is 19.1 Å². The van der Waals surface area contributed by atoms with Crippen LogP contribution in [-0.4, -0.2) is 46.2 Å². The molecule has 0 aliphatic carbocycles. The zero-order chi connectivity index (χ0) is 16.8. The Kier molecular flexibility index (Phi) is 3.86. The average Bonchev–Trinajstić information content (AvgIpc) is 2.90. The van der Waals surface area contributed by atoms with Crippen molar-refractivity contribution in [3.05, 3.63) is 33.1 Å². The van der Waals surface area contributed by atoms with Crippen molar-refractivity contribution in [2.24, 2.45) is 0 Å². The second kappa shape index (κ2) is 5.59. The molecule has 126 valence electrons. The maximum atomic E-state index is 12.0. The van der Waals surface area contributed by atoms with E-state index in [4.69, 9.17) is 18.9 Å². The van der Waals surface area contributed by atoms with Crippen molar-refractivity contribution in [2.45, 2.75) is 51.1 Å². The fourth-order valence-electron chi connectivity index (χ4n) is 2.84. The molecular weight excluding hydrogens is 308 g/mol. The highest BCUT2D eigenvalue weighted by Gasteiger charge is 2.56. The molecule has 1 N–H and O–H groups in total. The van der Waals surface area contributed by atoms with Crippen LogP contribution in [0.5, 0.6) is 0 Å². The molecule has 0 amide bonds. The Morgan fingerprint density at radius 1 is 1.35 bits per heavy atom. The van der Waals surface area contributed by atoms with Crippen LogP contribution in [0.3, 0.4) is 0 Å². The lowest BCUT2D eigenvalue weighted by atomic mass is 10.1. The molecule has 1 aromatic rings. The van der Waals surface area contributed by atoms with E-state index in [1.165, 1.54) is 23.8 Å². The third kappa shape index (κ3) is 3.07. The number of ether oxygens (including phenoxy) is 4. The SMILES string of the molecule is CC(=O)OC[C@H]1O[C@@H](n2ccc(=O)[nH]c2=O)[C@H]2OC(C)(C)O[C@@H]21. The highest BCUT2D eigenvalue weighted by Crippen LogP contribution is 2.42. The number of esters is 1. The maximum Gasteiger partial charge on any atom is 0.330 e. The summed E-state index contributed by atoms with van der Waals surface area (Å²) >= 11 is 0. The number of rotatable bonds is 3. The molecule has 2 saturated heterocycles. The third-order valence-corrected chi connectivity index (χ3v) is 3.70. The van der Waals surface area contributed by atoms with Crippen molar-refractivity contribution >= 4 is 5.97 Å². The fourth-order valence-corrected chi connectivity index (χ4v) is 2.84. The highest BCUT2D eigenvalue weighted by atomic mass is 16.8. The van der Waals surface area contributed by atoms with E-state index in [1.807, 2.05) is 0 Å². The van der Waals surface area contributed by atoms with E-state index in [0.29, 0.717) is 0 Å². The molecule has 2 aliphatic rings. The zero-order valence-corrected chi connectivity index (χ0v) is 13.0.